The van der Waals surface area contributed by atoms with Crippen molar-refractivity contribution in [2.45, 2.75) is 0 Å². The lowest BCUT2D eigenvalue weighted by Gasteiger charge is -1.90. The van der Waals surface area contributed by atoms with Gasteiger partial charge in [-0.1, -0.05) is 0 Å². The van der Waals surface area contributed by atoms with Crippen molar-refractivity contribution in [3.8, 4) is 0 Å². The fourth-order valence-electron chi connectivity index (χ4n) is 0.587. The fourth-order valence-corrected chi connectivity index (χ4v) is 0.587. The Labute approximate surface area is 57.3 Å². The molecule has 2 N–H and O–H groups in total. The summed E-state index contributed by atoms with van der Waals surface area (Å²) in [7, 11) is 1.76. The van der Waals surface area contributed by atoms with Crippen LogP contribution in [0.2, 0.25) is 0 Å². The van der Waals surface area contributed by atoms with Crippen LogP contribution in [0.4, 0.5) is 10.6 Å². The van der Waals surface area contributed by atoms with Gasteiger partial charge in [0, 0.05) is 13.2 Å². The molecule has 1 heterocycles. The molecular weight excluding hydrogens is 134 g/mol. The van der Waals surface area contributed by atoms with Crippen molar-refractivity contribution in [1.29, 1.82) is 0 Å². The Kier molecular flexibility index (Phi) is 1.57. The van der Waals surface area contributed by atoms with E-state index in [1.165, 1.54) is 6.33 Å². The van der Waals surface area contributed by atoms with E-state index in [0.29, 0.717) is 5.82 Å². The highest BCUT2D eigenvalue weighted by Crippen LogP contribution is 1.99. The van der Waals surface area contributed by atoms with Crippen LogP contribution in [0.1, 0.15) is 0 Å². The summed E-state index contributed by atoms with van der Waals surface area (Å²) in [4.78, 5) is 13.7. The van der Waals surface area contributed by atoms with E-state index in [9.17, 15) is 4.79 Å². The Hall–Kier alpha value is -1.52. The lowest BCUT2D eigenvalue weighted by atomic mass is 10.7. The third-order valence-corrected chi connectivity index (χ3v) is 0.940. The van der Waals surface area contributed by atoms with E-state index in [0.717, 1.165) is 0 Å². The normalized spacial score (nSPS) is 9.30. The zero-order valence-electron chi connectivity index (χ0n) is 5.40. The fraction of sp³-hybridized carbons (Fsp3) is 0.200. The van der Waals surface area contributed by atoms with E-state index in [1.54, 1.807) is 17.8 Å². The minimum Gasteiger partial charge on any atom is -0.465 e. The van der Waals surface area contributed by atoms with E-state index in [4.69, 9.17) is 5.11 Å². The van der Waals surface area contributed by atoms with Crippen LogP contribution in [0, 0.1) is 0 Å². The average Bonchev–Trinajstić information content (AvgIpc) is 2.13. The van der Waals surface area contributed by atoms with E-state index in [1.807, 2.05) is 0 Å². The molecule has 0 atom stereocenters. The minimum absolute atomic E-state index is 0.343. The summed E-state index contributed by atoms with van der Waals surface area (Å²) in [6, 6.07) is 0. The van der Waals surface area contributed by atoms with Gasteiger partial charge in [-0.2, -0.15) is 0 Å². The summed E-state index contributed by atoms with van der Waals surface area (Å²) in [5, 5.41) is 10.3. The van der Waals surface area contributed by atoms with Crippen LogP contribution in [-0.4, -0.2) is 20.8 Å². The first-order valence-corrected chi connectivity index (χ1v) is 2.66. The maximum atomic E-state index is 10.0. The maximum absolute atomic E-state index is 10.0. The van der Waals surface area contributed by atoms with E-state index >= 15 is 0 Å². The maximum Gasteiger partial charge on any atom is 0.410 e. The zero-order valence-corrected chi connectivity index (χ0v) is 5.40. The molecule has 0 radical (unpaired) electrons. The smallest absolute Gasteiger partial charge is 0.410 e. The summed E-state index contributed by atoms with van der Waals surface area (Å²) in [5.41, 5.74) is 0. The number of aromatic nitrogens is 2. The van der Waals surface area contributed by atoms with Crippen molar-refractivity contribution in [3.05, 3.63) is 12.5 Å². The number of aryl methyl sites for hydroxylation is 1. The number of carbonyl (C=O) groups is 1. The molecule has 0 aliphatic carbocycles. The first kappa shape index (κ1) is 6.60. The second kappa shape index (κ2) is 2.38. The summed E-state index contributed by atoms with van der Waals surface area (Å²) in [5.74, 6) is 0.343. The highest BCUT2D eigenvalue weighted by molar-refractivity contribution is 5.81. The molecule has 5 nitrogen and oxygen atoms in total. The van der Waals surface area contributed by atoms with Crippen molar-refractivity contribution in [3.63, 3.8) is 0 Å². The Balaban J connectivity index is 2.67. The molecular formula is C5H7N3O2. The van der Waals surface area contributed by atoms with Gasteiger partial charge in [0.15, 0.2) is 5.82 Å². The van der Waals surface area contributed by atoms with Gasteiger partial charge >= 0.3 is 6.09 Å². The van der Waals surface area contributed by atoms with E-state index in [-0.39, 0.29) is 0 Å². The number of hydrogen-bond donors (Lipinski definition) is 2. The Morgan fingerprint density at radius 2 is 2.60 bits per heavy atom. The number of nitrogens with one attached hydrogen (secondary N) is 1. The van der Waals surface area contributed by atoms with Crippen molar-refractivity contribution in [2.75, 3.05) is 5.32 Å². The first-order valence-electron chi connectivity index (χ1n) is 2.66. The number of anilines is 1. The summed E-state index contributed by atoms with van der Waals surface area (Å²) < 4.78 is 1.66. The molecule has 0 aliphatic rings. The lowest BCUT2D eigenvalue weighted by Crippen LogP contribution is -2.07. The Morgan fingerprint density at radius 1 is 1.90 bits per heavy atom. The lowest BCUT2D eigenvalue weighted by molar-refractivity contribution is 0.209. The molecule has 0 aliphatic heterocycles. The van der Waals surface area contributed by atoms with Gasteiger partial charge in [-0.05, 0) is 0 Å². The van der Waals surface area contributed by atoms with E-state index in [2.05, 4.69) is 10.3 Å². The van der Waals surface area contributed by atoms with Gasteiger partial charge in [0.05, 0.1) is 6.33 Å². The third kappa shape index (κ3) is 1.48. The van der Waals surface area contributed by atoms with Crippen molar-refractivity contribution >= 4 is 11.9 Å². The molecule has 0 saturated carbocycles. The SMILES string of the molecule is Cn1cnc(NC(=O)O)c1. The van der Waals surface area contributed by atoms with Gasteiger partial charge < -0.3 is 9.67 Å². The molecule has 1 aromatic rings. The second-order valence-electron chi connectivity index (χ2n) is 1.85. The monoisotopic (exact) mass is 141 g/mol. The molecule has 1 rings (SSSR count). The molecule has 10 heavy (non-hydrogen) atoms. The second-order valence-corrected chi connectivity index (χ2v) is 1.85. The van der Waals surface area contributed by atoms with Crippen LogP contribution < -0.4 is 5.32 Å². The van der Waals surface area contributed by atoms with Crippen LogP contribution in [-0.2, 0) is 7.05 Å². The minimum atomic E-state index is -1.10. The summed E-state index contributed by atoms with van der Waals surface area (Å²) >= 11 is 0. The zero-order chi connectivity index (χ0) is 7.56. The molecule has 0 bridgehead atoms. The van der Waals surface area contributed by atoms with Gasteiger partial charge in [0.1, 0.15) is 0 Å². The largest absolute Gasteiger partial charge is 0.465 e. The number of imidazole rings is 1. The van der Waals surface area contributed by atoms with Gasteiger partial charge in [-0.25, -0.2) is 9.78 Å². The van der Waals surface area contributed by atoms with Crippen LogP contribution in [0.3, 0.4) is 0 Å². The first-order chi connectivity index (χ1) is 4.68. The molecule has 0 fully saturated rings. The molecule has 0 aromatic carbocycles. The molecule has 0 unspecified atom stereocenters. The molecule has 0 spiro atoms. The quantitative estimate of drug-likeness (QED) is 0.598. The molecule has 54 valence electrons. The summed E-state index contributed by atoms with van der Waals surface area (Å²) in [6.45, 7) is 0. The molecule has 1 amide bonds. The predicted molar refractivity (Wildman–Crippen MR) is 34.9 cm³/mol. The molecule has 1 aromatic heterocycles. The molecule has 0 saturated heterocycles. The average molecular weight is 141 g/mol. The highest BCUT2D eigenvalue weighted by atomic mass is 16.4. The molecule has 5 heteroatoms. The number of rotatable bonds is 1. The number of hydrogen-bond acceptors (Lipinski definition) is 2. The topological polar surface area (TPSA) is 67.2 Å². The number of amides is 1. The van der Waals surface area contributed by atoms with Gasteiger partial charge in [-0.3, -0.25) is 5.32 Å². The predicted octanol–water partition coefficient (Wildman–Crippen LogP) is 0.510. The van der Waals surface area contributed by atoms with Crippen LogP contribution in [0.15, 0.2) is 12.5 Å². The van der Waals surface area contributed by atoms with Crippen LogP contribution in [0.5, 0.6) is 0 Å². The van der Waals surface area contributed by atoms with Crippen LogP contribution in [0.25, 0.3) is 0 Å². The Morgan fingerprint density at radius 3 is 3.00 bits per heavy atom. The van der Waals surface area contributed by atoms with Gasteiger partial charge in [0.2, 0.25) is 0 Å². The Bertz CT molecular complexity index is 243. The van der Waals surface area contributed by atoms with Gasteiger partial charge in [0.25, 0.3) is 0 Å². The number of nitrogens with zero attached hydrogens (tertiary/aromatic N) is 2. The van der Waals surface area contributed by atoms with Crippen molar-refractivity contribution < 1.29 is 9.90 Å². The van der Waals surface area contributed by atoms with Crippen molar-refractivity contribution in [2.24, 2.45) is 7.05 Å². The highest BCUT2D eigenvalue weighted by Gasteiger charge is 1.98. The van der Waals surface area contributed by atoms with E-state index < -0.39 is 6.09 Å². The van der Waals surface area contributed by atoms with Gasteiger partial charge in [-0.15, -0.1) is 0 Å². The summed E-state index contributed by atoms with van der Waals surface area (Å²) in [6.07, 6.45) is 2.00. The number of carboxylic acid groups (broad SMARTS) is 1. The third-order valence-electron chi connectivity index (χ3n) is 0.940. The van der Waals surface area contributed by atoms with Crippen molar-refractivity contribution in [1.82, 2.24) is 9.55 Å². The standard InChI is InChI=1S/C5H7N3O2/c1-8-2-4(6-3-8)7-5(9)10/h2-3,7H,1H3,(H,9,10). The van der Waals surface area contributed by atoms with Crippen LogP contribution >= 0.6 is 0 Å².